The van der Waals surface area contributed by atoms with Crippen molar-refractivity contribution in [3.63, 3.8) is 0 Å². The first kappa shape index (κ1) is 10.0. The van der Waals surface area contributed by atoms with E-state index in [1.165, 1.54) is 12.1 Å². The van der Waals surface area contributed by atoms with Crippen LogP contribution in [0.15, 0.2) is 18.3 Å². The molecule has 0 atom stereocenters. The molecule has 3 heteroatoms. The lowest BCUT2D eigenvalue weighted by atomic mass is 10.4. The van der Waals surface area contributed by atoms with E-state index in [1.807, 2.05) is 13.8 Å². The lowest BCUT2D eigenvalue weighted by molar-refractivity contribution is 0.276. The summed E-state index contributed by atoms with van der Waals surface area (Å²) in [7, 11) is 0. The standard InChI is InChI=1S/C6H6FNO.C2H6/c7-5-1-2-6(4-9)8-3-5;1-2/h1-3,9H,4H2;1-2H3. The molecule has 0 radical (unpaired) electrons. The van der Waals surface area contributed by atoms with Gasteiger partial charge in [0.1, 0.15) is 5.82 Å². The van der Waals surface area contributed by atoms with Crippen LogP contribution in [0.1, 0.15) is 19.5 Å². The van der Waals surface area contributed by atoms with Gasteiger partial charge in [0.25, 0.3) is 0 Å². The van der Waals surface area contributed by atoms with Crippen molar-refractivity contribution in [2.45, 2.75) is 20.5 Å². The molecule has 1 N–H and O–H groups in total. The molecule has 0 unspecified atom stereocenters. The van der Waals surface area contributed by atoms with Crippen molar-refractivity contribution < 1.29 is 9.50 Å². The first-order valence-corrected chi connectivity index (χ1v) is 3.54. The van der Waals surface area contributed by atoms with E-state index in [0.29, 0.717) is 5.69 Å². The van der Waals surface area contributed by atoms with Gasteiger partial charge in [0, 0.05) is 0 Å². The summed E-state index contributed by atoms with van der Waals surface area (Å²) in [6, 6.07) is 2.70. The molecule has 0 spiro atoms. The fraction of sp³-hybridized carbons (Fsp3) is 0.375. The van der Waals surface area contributed by atoms with E-state index in [0.717, 1.165) is 6.20 Å². The van der Waals surface area contributed by atoms with Crippen LogP contribution in [0.2, 0.25) is 0 Å². The molecule has 0 amide bonds. The zero-order valence-electron chi connectivity index (χ0n) is 6.71. The molecule has 0 saturated heterocycles. The third-order valence-electron chi connectivity index (χ3n) is 0.951. The SMILES string of the molecule is CC.OCc1ccc(F)cn1. The molecular formula is C8H12FNO. The van der Waals surface area contributed by atoms with E-state index < -0.39 is 0 Å². The maximum atomic E-state index is 12.1. The van der Waals surface area contributed by atoms with E-state index in [9.17, 15) is 4.39 Å². The number of hydrogen-bond acceptors (Lipinski definition) is 2. The average molecular weight is 157 g/mol. The minimum atomic E-state index is -0.382. The molecular weight excluding hydrogens is 145 g/mol. The highest BCUT2D eigenvalue weighted by atomic mass is 19.1. The summed E-state index contributed by atoms with van der Waals surface area (Å²) in [4.78, 5) is 3.57. The van der Waals surface area contributed by atoms with Gasteiger partial charge in [-0.1, -0.05) is 13.8 Å². The zero-order chi connectivity index (χ0) is 8.69. The largest absolute Gasteiger partial charge is 0.390 e. The molecule has 0 aliphatic carbocycles. The maximum absolute atomic E-state index is 12.1. The van der Waals surface area contributed by atoms with Gasteiger partial charge in [-0.3, -0.25) is 4.98 Å². The summed E-state index contributed by atoms with van der Waals surface area (Å²) < 4.78 is 12.1. The van der Waals surface area contributed by atoms with Crippen LogP contribution in [0.3, 0.4) is 0 Å². The quantitative estimate of drug-likeness (QED) is 0.673. The van der Waals surface area contributed by atoms with Gasteiger partial charge in [0.15, 0.2) is 0 Å². The second kappa shape index (κ2) is 5.80. The predicted molar refractivity (Wildman–Crippen MR) is 41.5 cm³/mol. The molecule has 1 rings (SSSR count). The van der Waals surface area contributed by atoms with Crippen LogP contribution in [-0.2, 0) is 6.61 Å². The molecule has 0 aliphatic heterocycles. The van der Waals surface area contributed by atoms with E-state index in [1.54, 1.807) is 0 Å². The predicted octanol–water partition coefficient (Wildman–Crippen LogP) is 1.74. The summed E-state index contributed by atoms with van der Waals surface area (Å²) in [6.07, 6.45) is 1.07. The number of aromatic nitrogens is 1. The Kier molecular flexibility index (Phi) is 5.29. The summed E-state index contributed by atoms with van der Waals surface area (Å²) in [5.41, 5.74) is 0.483. The summed E-state index contributed by atoms with van der Waals surface area (Å²) >= 11 is 0. The van der Waals surface area contributed by atoms with Crippen molar-refractivity contribution in [2.75, 3.05) is 0 Å². The van der Waals surface area contributed by atoms with Crippen molar-refractivity contribution in [1.82, 2.24) is 4.98 Å². The number of aliphatic hydroxyl groups excluding tert-OH is 1. The zero-order valence-corrected chi connectivity index (χ0v) is 6.71. The van der Waals surface area contributed by atoms with Gasteiger partial charge in [0.2, 0.25) is 0 Å². The van der Waals surface area contributed by atoms with Crippen LogP contribution >= 0.6 is 0 Å². The Morgan fingerprint density at radius 3 is 2.45 bits per heavy atom. The number of nitrogens with zero attached hydrogens (tertiary/aromatic N) is 1. The molecule has 2 nitrogen and oxygen atoms in total. The number of halogens is 1. The van der Waals surface area contributed by atoms with Crippen LogP contribution < -0.4 is 0 Å². The smallest absolute Gasteiger partial charge is 0.141 e. The van der Waals surface area contributed by atoms with Gasteiger partial charge in [-0.05, 0) is 12.1 Å². The maximum Gasteiger partial charge on any atom is 0.141 e. The van der Waals surface area contributed by atoms with Crippen molar-refractivity contribution in [3.8, 4) is 0 Å². The third-order valence-corrected chi connectivity index (χ3v) is 0.951. The van der Waals surface area contributed by atoms with Crippen LogP contribution in [0.4, 0.5) is 4.39 Å². The molecule has 0 bridgehead atoms. The van der Waals surface area contributed by atoms with Crippen molar-refractivity contribution in [2.24, 2.45) is 0 Å². The number of rotatable bonds is 1. The topological polar surface area (TPSA) is 33.1 Å². The van der Waals surface area contributed by atoms with Gasteiger partial charge >= 0.3 is 0 Å². The van der Waals surface area contributed by atoms with E-state index in [-0.39, 0.29) is 12.4 Å². The fourth-order valence-electron chi connectivity index (χ4n) is 0.500. The molecule has 0 aliphatic rings. The Morgan fingerprint density at radius 2 is 2.09 bits per heavy atom. The third kappa shape index (κ3) is 3.68. The van der Waals surface area contributed by atoms with Crippen LogP contribution in [-0.4, -0.2) is 10.1 Å². The Morgan fingerprint density at radius 1 is 1.45 bits per heavy atom. The Hall–Kier alpha value is -0.960. The molecule has 1 aromatic rings. The molecule has 1 heterocycles. The van der Waals surface area contributed by atoms with Crippen LogP contribution in [0.5, 0.6) is 0 Å². The summed E-state index contributed by atoms with van der Waals surface area (Å²) in [6.45, 7) is 3.86. The molecule has 11 heavy (non-hydrogen) atoms. The first-order valence-electron chi connectivity index (χ1n) is 3.54. The van der Waals surface area contributed by atoms with Gasteiger partial charge in [-0.15, -0.1) is 0 Å². The molecule has 0 fully saturated rings. The molecule has 0 saturated carbocycles. The van der Waals surface area contributed by atoms with E-state index in [4.69, 9.17) is 5.11 Å². The number of aliphatic hydroxyl groups is 1. The number of pyridine rings is 1. The minimum Gasteiger partial charge on any atom is -0.390 e. The van der Waals surface area contributed by atoms with Crippen molar-refractivity contribution >= 4 is 0 Å². The fourth-order valence-corrected chi connectivity index (χ4v) is 0.500. The van der Waals surface area contributed by atoms with Crippen molar-refractivity contribution in [3.05, 3.63) is 29.8 Å². The second-order valence-corrected chi connectivity index (χ2v) is 1.63. The normalized spacial score (nSPS) is 8.36. The van der Waals surface area contributed by atoms with E-state index >= 15 is 0 Å². The second-order valence-electron chi connectivity index (χ2n) is 1.63. The average Bonchev–Trinajstić information content (AvgIpc) is 2.10. The summed E-state index contributed by atoms with van der Waals surface area (Å²) in [5, 5.41) is 8.44. The van der Waals surface area contributed by atoms with Gasteiger partial charge in [-0.25, -0.2) is 4.39 Å². The monoisotopic (exact) mass is 157 g/mol. The highest BCUT2D eigenvalue weighted by molar-refractivity contribution is 5.03. The molecule has 0 aromatic carbocycles. The lowest BCUT2D eigenvalue weighted by Gasteiger charge is -1.90. The van der Waals surface area contributed by atoms with Gasteiger partial charge < -0.3 is 5.11 Å². The molecule has 62 valence electrons. The van der Waals surface area contributed by atoms with Crippen molar-refractivity contribution in [1.29, 1.82) is 0 Å². The number of hydrogen-bond donors (Lipinski definition) is 1. The Bertz CT molecular complexity index is 186. The van der Waals surface area contributed by atoms with E-state index in [2.05, 4.69) is 4.98 Å². The highest BCUT2D eigenvalue weighted by Gasteiger charge is 1.90. The van der Waals surface area contributed by atoms with Crippen LogP contribution in [0, 0.1) is 5.82 Å². The summed E-state index contributed by atoms with van der Waals surface area (Å²) in [5.74, 6) is -0.382. The Balaban J connectivity index is 0.000000461. The van der Waals surface area contributed by atoms with Gasteiger partial charge in [-0.2, -0.15) is 0 Å². The molecule has 1 aromatic heterocycles. The van der Waals surface area contributed by atoms with Crippen LogP contribution in [0.25, 0.3) is 0 Å². The first-order chi connectivity index (χ1) is 5.33. The highest BCUT2D eigenvalue weighted by Crippen LogP contribution is 1.96. The van der Waals surface area contributed by atoms with Gasteiger partial charge in [0.05, 0.1) is 18.5 Å². The minimum absolute atomic E-state index is 0.139. The Labute approximate surface area is 65.7 Å². The lowest BCUT2D eigenvalue weighted by Crippen LogP contribution is -1.87.